The molecule has 0 aliphatic carbocycles. The van der Waals surface area contributed by atoms with Crippen LogP contribution in [0.25, 0.3) is 0 Å². The average Bonchev–Trinajstić information content (AvgIpc) is 2.38. The van der Waals surface area contributed by atoms with Crippen molar-refractivity contribution in [3.8, 4) is 0 Å². The van der Waals surface area contributed by atoms with Gasteiger partial charge in [-0.1, -0.05) is 11.6 Å². The Kier molecular flexibility index (Phi) is 7.48. The third kappa shape index (κ3) is 5.97. The van der Waals surface area contributed by atoms with Gasteiger partial charge in [0.1, 0.15) is 5.82 Å². The minimum absolute atomic E-state index is 0.0708. The Morgan fingerprint density at radius 2 is 2.32 bits per heavy atom. The van der Waals surface area contributed by atoms with Gasteiger partial charge in [-0.2, -0.15) is 0 Å². The molecule has 0 aromatic heterocycles. The van der Waals surface area contributed by atoms with Gasteiger partial charge in [0.25, 0.3) is 0 Å². The van der Waals surface area contributed by atoms with Crippen LogP contribution in [0.5, 0.6) is 0 Å². The van der Waals surface area contributed by atoms with Crippen molar-refractivity contribution in [1.29, 1.82) is 0 Å². The maximum Gasteiger partial charge on any atom is 0.141 e. The molecule has 2 N–H and O–H groups in total. The molecule has 0 amide bonds. The summed E-state index contributed by atoms with van der Waals surface area (Å²) in [5.41, 5.74) is 0. The number of hydrogen-bond donors (Lipinski definition) is 2. The fourth-order valence-corrected chi connectivity index (χ4v) is 2.77. The molecule has 108 valence electrons. The summed E-state index contributed by atoms with van der Waals surface area (Å²) in [4.78, 5) is 0.405. The summed E-state index contributed by atoms with van der Waals surface area (Å²) in [6.45, 7) is 1.48. The Hall–Kier alpha value is -0.530. The molecule has 2 atom stereocenters. The molecular formula is C12H17ClFNO3S. The van der Waals surface area contributed by atoms with Gasteiger partial charge >= 0.3 is 0 Å². The van der Waals surface area contributed by atoms with E-state index in [0.29, 0.717) is 24.6 Å². The van der Waals surface area contributed by atoms with Gasteiger partial charge in [-0.3, -0.25) is 4.21 Å². The largest absolute Gasteiger partial charge is 0.391 e. The van der Waals surface area contributed by atoms with Crippen LogP contribution in [0.2, 0.25) is 5.02 Å². The summed E-state index contributed by atoms with van der Waals surface area (Å²) in [6, 6.07) is 3.89. The van der Waals surface area contributed by atoms with E-state index in [0.717, 1.165) is 0 Å². The first-order valence-corrected chi connectivity index (χ1v) is 7.45. The number of nitrogens with one attached hydrogen (secondary N) is 1. The minimum atomic E-state index is -1.41. The zero-order chi connectivity index (χ0) is 14.3. The second-order valence-electron chi connectivity index (χ2n) is 3.94. The molecule has 0 aliphatic heterocycles. The zero-order valence-electron chi connectivity index (χ0n) is 10.6. The summed E-state index contributed by atoms with van der Waals surface area (Å²) in [5, 5.41) is 12.6. The molecular weight excluding hydrogens is 293 g/mol. The van der Waals surface area contributed by atoms with E-state index >= 15 is 0 Å². The van der Waals surface area contributed by atoms with Crippen LogP contribution < -0.4 is 5.32 Å². The van der Waals surface area contributed by atoms with E-state index in [1.807, 2.05) is 0 Å². The van der Waals surface area contributed by atoms with Gasteiger partial charge in [0.2, 0.25) is 0 Å². The van der Waals surface area contributed by atoms with Gasteiger partial charge in [-0.15, -0.1) is 0 Å². The first kappa shape index (κ1) is 16.5. The molecule has 7 heteroatoms. The highest BCUT2D eigenvalue weighted by molar-refractivity contribution is 7.85. The third-order valence-corrected chi connectivity index (χ3v) is 4.12. The topological polar surface area (TPSA) is 58.6 Å². The lowest BCUT2D eigenvalue weighted by molar-refractivity contribution is 0.174. The van der Waals surface area contributed by atoms with Crippen molar-refractivity contribution in [1.82, 2.24) is 5.32 Å². The number of rotatable bonds is 8. The summed E-state index contributed by atoms with van der Waals surface area (Å²) in [5.74, 6) is -0.480. The summed E-state index contributed by atoms with van der Waals surface area (Å²) >= 11 is 5.61. The molecule has 0 heterocycles. The Labute approximate surface area is 119 Å². The van der Waals surface area contributed by atoms with Crippen molar-refractivity contribution in [2.24, 2.45) is 0 Å². The van der Waals surface area contributed by atoms with Crippen LogP contribution in [0.15, 0.2) is 23.1 Å². The summed E-state index contributed by atoms with van der Waals surface area (Å²) < 4.78 is 29.7. The molecule has 0 saturated carbocycles. The highest BCUT2D eigenvalue weighted by Gasteiger charge is 2.12. The first-order chi connectivity index (χ1) is 9.04. The minimum Gasteiger partial charge on any atom is -0.391 e. The van der Waals surface area contributed by atoms with E-state index in [2.05, 4.69) is 5.32 Å². The van der Waals surface area contributed by atoms with E-state index in [-0.39, 0.29) is 10.8 Å². The fourth-order valence-electron chi connectivity index (χ4n) is 1.39. The van der Waals surface area contributed by atoms with Crippen molar-refractivity contribution in [3.05, 3.63) is 29.0 Å². The Morgan fingerprint density at radius 1 is 1.58 bits per heavy atom. The Balaban J connectivity index is 2.43. The van der Waals surface area contributed by atoms with E-state index in [4.69, 9.17) is 16.3 Å². The van der Waals surface area contributed by atoms with Crippen LogP contribution >= 0.6 is 11.6 Å². The van der Waals surface area contributed by atoms with E-state index < -0.39 is 22.7 Å². The standard InChI is InChI=1S/C12H17ClFNO3S/c1-18-5-4-15-7-9(16)8-19(17)10-2-3-12(14)11(13)6-10/h2-3,6,9,15-16H,4-5,7-8H2,1H3. The third-order valence-electron chi connectivity index (χ3n) is 2.36. The molecule has 0 aliphatic rings. The van der Waals surface area contributed by atoms with Gasteiger partial charge in [0.05, 0.1) is 34.3 Å². The Bertz CT molecular complexity index is 433. The molecule has 0 radical (unpaired) electrons. The summed E-state index contributed by atoms with van der Waals surface area (Å²) in [6.07, 6.45) is -0.749. The van der Waals surface area contributed by atoms with Gasteiger partial charge in [0.15, 0.2) is 0 Å². The number of aliphatic hydroxyl groups is 1. The molecule has 0 bridgehead atoms. The van der Waals surface area contributed by atoms with Crippen LogP contribution in [0.1, 0.15) is 0 Å². The average molecular weight is 310 g/mol. The normalized spacial score (nSPS) is 14.3. The highest BCUT2D eigenvalue weighted by Crippen LogP contribution is 2.18. The van der Waals surface area contributed by atoms with Gasteiger partial charge in [0, 0.05) is 25.1 Å². The number of ether oxygens (including phenoxy) is 1. The van der Waals surface area contributed by atoms with Crippen LogP contribution in [-0.2, 0) is 15.5 Å². The van der Waals surface area contributed by atoms with Gasteiger partial charge < -0.3 is 15.2 Å². The van der Waals surface area contributed by atoms with E-state index in [1.165, 1.54) is 18.2 Å². The van der Waals surface area contributed by atoms with Crippen LogP contribution in [0.4, 0.5) is 4.39 Å². The maximum absolute atomic E-state index is 13.0. The van der Waals surface area contributed by atoms with Crippen LogP contribution in [0, 0.1) is 5.82 Å². The monoisotopic (exact) mass is 309 g/mol. The van der Waals surface area contributed by atoms with Gasteiger partial charge in [-0.05, 0) is 18.2 Å². The number of aliphatic hydroxyl groups excluding tert-OH is 1. The number of halogens is 2. The molecule has 1 rings (SSSR count). The first-order valence-electron chi connectivity index (χ1n) is 5.75. The molecule has 1 aromatic rings. The molecule has 4 nitrogen and oxygen atoms in total. The molecule has 2 unspecified atom stereocenters. The van der Waals surface area contributed by atoms with Crippen molar-refractivity contribution >= 4 is 22.4 Å². The summed E-state index contributed by atoms with van der Waals surface area (Å²) in [7, 11) is 0.177. The quantitative estimate of drug-likeness (QED) is 0.708. The highest BCUT2D eigenvalue weighted by atomic mass is 35.5. The lowest BCUT2D eigenvalue weighted by atomic mass is 10.3. The van der Waals surface area contributed by atoms with Crippen molar-refractivity contribution < 1.29 is 18.4 Å². The molecule has 0 saturated heterocycles. The number of benzene rings is 1. The fraction of sp³-hybridized carbons (Fsp3) is 0.500. The lowest BCUT2D eigenvalue weighted by Crippen LogP contribution is -2.32. The zero-order valence-corrected chi connectivity index (χ0v) is 12.1. The van der Waals surface area contributed by atoms with Crippen LogP contribution in [0.3, 0.4) is 0 Å². The number of methoxy groups -OCH3 is 1. The number of hydrogen-bond acceptors (Lipinski definition) is 4. The van der Waals surface area contributed by atoms with Crippen LogP contribution in [-0.4, -0.2) is 48.0 Å². The molecule has 0 spiro atoms. The van der Waals surface area contributed by atoms with Gasteiger partial charge in [-0.25, -0.2) is 4.39 Å². The lowest BCUT2D eigenvalue weighted by Gasteiger charge is -2.11. The van der Waals surface area contributed by atoms with E-state index in [1.54, 1.807) is 7.11 Å². The SMILES string of the molecule is COCCNCC(O)CS(=O)c1ccc(F)c(Cl)c1. The predicted molar refractivity (Wildman–Crippen MR) is 73.4 cm³/mol. The predicted octanol–water partition coefficient (Wildman–Crippen LogP) is 1.18. The van der Waals surface area contributed by atoms with E-state index in [9.17, 15) is 13.7 Å². The molecule has 0 fully saturated rings. The van der Waals surface area contributed by atoms with Crippen molar-refractivity contribution in [2.45, 2.75) is 11.0 Å². The Morgan fingerprint density at radius 3 is 2.95 bits per heavy atom. The second kappa shape index (κ2) is 8.60. The maximum atomic E-state index is 13.0. The van der Waals surface area contributed by atoms with Crippen molar-refractivity contribution in [2.75, 3.05) is 32.6 Å². The molecule has 19 heavy (non-hydrogen) atoms. The smallest absolute Gasteiger partial charge is 0.141 e. The van der Waals surface area contributed by atoms with Crippen molar-refractivity contribution in [3.63, 3.8) is 0 Å². The molecule has 1 aromatic carbocycles. The second-order valence-corrected chi connectivity index (χ2v) is 5.84.